The highest BCUT2D eigenvalue weighted by atomic mass is 16.5. The Morgan fingerprint density at radius 3 is 3.00 bits per heavy atom. The van der Waals surface area contributed by atoms with Crippen LogP contribution < -0.4 is 10.1 Å². The number of rotatable bonds is 7. The van der Waals surface area contributed by atoms with Crippen LogP contribution in [0, 0.1) is 0 Å². The first-order valence-corrected chi connectivity index (χ1v) is 7.11. The smallest absolute Gasteiger partial charge is 0.255 e. The number of nitrogens with one attached hydrogen (secondary N) is 1. The van der Waals surface area contributed by atoms with Crippen LogP contribution in [0.15, 0.2) is 24.3 Å². The summed E-state index contributed by atoms with van der Waals surface area (Å²) in [6, 6.07) is 6.93. The molecule has 1 saturated heterocycles. The second-order valence-corrected chi connectivity index (χ2v) is 4.99. The van der Waals surface area contributed by atoms with Gasteiger partial charge in [-0.3, -0.25) is 4.79 Å². The third-order valence-electron chi connectivity index (χ3n) is 3.29. The molecule has 0 aromatic heterocycles. The maximum Gasteiger partial charge on any atom is 0.255 e. The van der Waals surface area contributed by atoms with E-state index in [4.69, 9.17) is 14.6 Å². The van der Waals surface area contributed by atoms with E-state index in [-0.39, 0.29) is 18.6 Å². The third kappa shape index (κ3) is 4.70. The second kappa shape index (κ2) is 7.97. The van der Waals surface area contributed by atoms with Crippen LogP contribution in [0.25, 0.3) is 0 Å². The zero-order valence-corrected chi connectivity index (χ0v) is 11.8. The molecular weight excluding hydrogens is 274 g/mol. The van der Waals surface area contributed by atoms with E-state index in [1.54, 1.807) is 24.3 Å². The molecule has 2 rings (SSSR count). The van der Waals surface area contributed by atoms with Crippen molar-refractivity contribution >= 4 is 5.91 Å². The van der Waals surface area contributed by atoms with Gasteiger partial charge >= 0.3 is 0 Å². The fraction of sp³-hybridized carbons (Fsp3) is 0.533. The molecule has 3 N–H and O–H groups in total. The van der Waals surface area contributed by atoms with Crippen molar-refractivity contribution in [1.29, 1.82) is 0 Å². The molecule has 0 radical (unpaired) electrons. The summed E-state index contributed by atoms with van der Waals surface area (Å²) in [5.41, 5.74) is 0.403. The van der Waals surface area contributed by atoms with E-state index in [0.29, 0.717) is 17.9 Å². The number of carbonyl (C=O) groups is 1. The third-order valence-corrected chi connectivity index (χ3v) is 3.29. The van der Waals surface area contributed by atoms with Gasteiger partial charge in [-0.1, -0.05) is 12.1 Å². The van der Waals surface area contributed by atoms with Crippen molar-refractivity contribution in [2.24, 2.45) is 0 Å². The molecule has 6 heteroatoms. The van der Waals surface area contributed by atoms with E-state index < -0.39 is 12.7 Å². The molecule has 116 valence electrons. The molecule has 1 aromatic rings. The molecule has 0 spiro atoms. The number of benzene rings is 1. The lowest BCUT2D eigenvalue weighted by molar-refractivity contribution is 0.0666. The fourth-order valence-electron chi connectivity index (χ4n) is 2.11. The summed E-state index contributed by atoms with van der Waals surface area (Å²) in [6.45, 7) is 0.783. The molecule has 1 aliphatic rings. The normalized spacial score (nSPS) is 19.2. The van der Waals surface area contributed by atoms with E-state index >= 15 is 0 Å². The van der Waals surface area contributed by atoms with Crippen LogP contribution in [-0.2, 0) is 4.74 Å². The van der Waals surface area contributed by atoms with Gasteiger partial charge in [0.15, 0.2) is 0 Å². The first-order chi connectivity index (χ1) is 10.2. The summed E-state index contributed by atoms with van der Waals surface area (Å²) in [5, 5.41) is 20.6. The van der Waals surface area contributed by atoms with Gasteiger partial charge in [-0.2, -0.15) is 0 Å². The Kier molecular flexibility index (Phi) is 5.98. The molecular formula is C15H21NO5. The summed E-state index contributed by atoms with van der Waals surface area (Å²) in [4.78, 5) is 12.1. The minimum atomic E-state index is -0.964. The number of amides is 1. The van der Waals surface area contributed by atoms with E-state index in [0.717, 1.165) is 19.4 Å². The summed E-state index contributed by atoms with van der Waals surface area (Å²) in [7, 11) is 0. The van der Waals surface area contributed by atoms with Gasteiger partial charge in [0.1, 0.15) is 12.4 Å². The van der Waals surface area contributed by atoms with E-state index in [9.17, 15) is 9.90 Å². The van der Waals surface area contributed by atoms with E-state index in [1.807, 2.05) is 0 Å². The van der Waals surface area contributed by atoms with Crippen molar-refractivity contribution in [2.45, 2.75) is 25.0 Å². The van der Waals surface area contributed by atoms with Crippen LogP contribution in [0.1, 0.15) is 23.2 Å². The second-order valence-electron chi connectivity index (χ2n) is 4.99. The number of aliphatic hydroxyl groups is 2. The molecule has 6 nitrogen and oxygen atoms in total. The zero-order valence-electron chi connectivity index (χ0n) is 11.8. The van der Waals surface area contributed by atoms with Gasteiger partial charge in [0, 0.05) is 13.2 Å². The van der Waals surface area contributed by atoms with Crippen LogP contribution >= 0.6 is 0 Å². The standard InChI is InChI=1S/C15H21NO5/c17-9-11(18)8-16-15(19)13-5-1-2-6-14(13)21-10-12-4-3-7-20-12/h1-2,5-6,11-12,17-18H,3-4,7-10H2,(H,16,19)/t11-,12-/m1/s1. The lowest BCUT2D eigenvalue weighted by atomic mass is 10.2. The Morgan fingerprint density at radius 2 is 2.29 bits per heavy atom. The predicted octanol–water partition coefficient (Wildman–Crippen LogP) is 0.327. The molecule has 0 saturated carbocycles. The number of para-hydroxylation sites is 1. The Balaban J connectivity index is 1.93. The highest BCUT2D eigenvalue weighted by Gasteiger charge is 2.18. The molecule has 0 aliphatic carbocycles. The minimum Gasteiger partial charge on any atom is -0.490 e. The zero-order chi connectivity index (χ0) is 15.1. The monoisotopic (exact) mass is 295 g/mol. The van der Waals surface area contributed by atoms with Gasteiger partial charge in [-0.25, -0.2) is 0 Å². The average Bonchev–Trinajstić information content (AvgIpc) is 3.04. The quantitative estimate of drug-likeness (QED) is 0.674. The van der Waals surface area contributed by atoms with Gasteiger partial charge < -0.3 is 25.0 Å². The number of ether oxygens (including phenoxy) is 2. The maximum atomic E-state index is 12.1. The van der Waals surface area contributed by atoms with Gasteiger partial charge in [0.25, 0.3) is 5.91 Å². The van der Waals surface area contributed by atoms with Crippen LogP contribution in [-0.4, -0.2) is 54.7 Å². The van der Waals surface area contributed by atoms with Crippen molar-refractivity contribution in [2.75, 3.05) is 26.4 Å². The van der Waals surface area contributed by atoms with Crippen LogP contribution in [0.2, 0.25) is 0 Å². The molecule has 1 amide bonds. The number of hydrogen-bond acceptors (Lipinski definition) is 5. The lowest BCUT2D eigenvalue weighted by Crippen LogP contribution is -2.34. The largest absolute Gasteiger partial charge is 0.490 e. The molecule has 1 fully saturated rings. The molecule has 1 heterocycles. The van der Waals surface area contributed by atoms with Gasteiger partial charge in [-0.15, -0.1) is 0 Å². The minimum absolute atomic E-state index is 0.00456. The van der Waals surface area contributed by atoms with Crippen LogP contribution in [0.3, 0.4) is 0 Å². The average molecular weight is 295 g/mol. The SMILES string of the molecule is O=C(NC[C@@H](O)CO)c1ccccc1OC[C@H]1CCCO1. The number of carbonyl (C=O) groups excluding carboxylic acids is 1. The molecule has 2 atom stereocenters. The molecule has 0 unspecified atom stereocenters. The number of hydrogen-bond donors (Lipinski definition) is 3. The van der Waals surface area contributed by atoms with E-state index in [1.165, 1.54) is 0 Å². The van der Waals surface area contributed by atoms with Gasteiger partial charge in [0.05, 0.1) is 24.4 Å². The Morgan fingerprint density at radius 1 is 1.48 bits per heavy atom. The first-order valence-electron chi connectivity index (χ1n) is 7.11. The van der Waals surface area contributed by atoms with Crippen molar-refractivity contribution < 1.29 is 24.5 Å². The van der Waals surface area contributed by atoms with Crippen molar-refractivity contribution in [3.63, 3.8) is 0 Å². The van der Waals surface area contributed by atoms with Crippen molar-refractivity contribution in [3.8, 4) is 5.75 Å². The maximum absolute atomic E-state index is 12.1. The highest BCUT2D eigenvalue weighted by Crippen LogP contribution is 2.20. The summed E-state index contributed by atoms with van der Waals surface area (Å²) in [5.74, 6) is 0.148. The molecule has 21 heavy (non-hydrogen) atoms. The van der Waals surface area contributed by atoms with Gasteiger partial charge in [-0.05, 0) is 25.0 Å². The van der Waals surface area contributed by atoms with Crippen LogP contribution in [0.5, 0.6) is 5.75 Å². The summed E-state index contributed by atoms with van der Waals surface area (Å²) in [6.07, 6.45) is 1.12. The predicted molar refractivity (Wildman–Crippen MR) is 76.3 cm³/mol. The first kappa shape index (κ1) is 15.8. The Hall–Kier alpha value is -1.63. The lowest BCUT2D eigenvalue weighted by Gasteiger charge is -2.15. The molecule has 0 bridgehead atoms. The van der Waals surface area contributed by atoms with Crippen molar-refractivity contribution in [1.82, 2.24) is 5.32 Å². The van der Waals surface area contributed by atoms with Crippen molar-refractivity contribution in [3.05, 3.63) is 29.8 Å². The van der Waals surface area contributed by atoms with Crippen LogP contribution in [0.4, 0.5) is 0 Å². The molecule has 1 aromatic carbocycles. The molecule has 1 aliphatic heterocycles. The fourth-order valence-corrected chi connectivity index (χ4v) is 2.11. The van der Waals surface area contributed by atoms with E-state index in [2.05, 4.69) is 5.32 Å². The topological polar surface area (TPSA) is 88.0 Å². The van der Waals surface area contributed by atoms with Gasteiger partial charge in [0.2, 0.25) is 0 Å². The Labute approximate surface area is 123 Å². The number of aliphatic hydroxyl groups excluding tert-OH is 2. The summed E-state index contributed by atoms with van der Waals surface area (Å²) >= 11 is 0. The Bertz CT molecular complexity index is 459. The summed E-state index contributed by atoms with van der Waals surface area (Å²) < 4.78 is 11.2. The highest BCUT2D eigenvalue weighted by molar-refractivity contribution is 5.96.